The molecule has 2 heterocycles. The Bertz CT molecular complexity index is 371. The Hall–Kier alpha value is -1.14. The largest absolute Gasteiger partial charge is 0.461 e. The molecule has 94 valence electrons. The molecule has 7 heteroatoms. The van der Waals surface area contributed by atoms with Gasteiger partial charge in [-0.1, -0.05) is 0 Å². The van der Waals surface area contributed by atoms with Crippen molar-refractivity contribution in [2.75, 3.05) is 25.6 Å². The zero-order chi connectivity index (χ0) is 12.1. The van der Waals surface area contributed by atoms with E-state index < -0.39 is 0 Å². The summed E-state index contributed by atoms with van der Waals surface area (Å²) in [5, 5.41) is 2.90. The van der Waals surface area contributed by atoms with Crippen molar-refractivity contribution in [3.05, 3.63) is 5.28 Å². The monoisotopic (exact) mass is 258 g/mol. The number of nitrogens with one attached hydrogen (secondary N) is 1. The van der Waals surface area contributed by atoms with Gasteiger partial charge in [0.15, 0.2) is 0 Å². The van der Waals surface area contributed by atoms with Crippen LogP contribution in [0.4, 0.5) is 5.95 Å². The summed E-state index contributed by atoms with van der Waals surface area (Å²) in [6.07, 6.45) is 3.43. The molecular formula is C10H15ClN4O2. The van der Waals surface area contributed by atoms with Crippen molar-refractivity contribution in [1.29, 1.82) is 0 Å². The van der Waals surface area contributed by atoms with Gasteiger partial charge < -0.3 is 14.8 Å². The van der Waals surface area contributed by atoms with Crippen LogP contribution in [0.3, 0.4) is 0 Å². The number of anilines is 1. The van der Waals surface area contributed by atoms with Gasteiger partial charge in [-0.25, -0.2) is 0 Å². The SMILES string of the molecule is CNc1nc(Cl)nc(OCC2CCCCO2)n1. The van der Waals surface area contributed by atoms with Crippen LogP contribution >= 0.6 is 11.6 Å². The minimum Gasteiger partial charge on any atom is -0.461 e. The first-order valence-corrected chi connectivity index (χ1v) is 5.99. The third-order valence-corrected chi connectivity index (χ3v) is 2.65. The van der Waals surface area contributed by atoms with E-state index in [0.717, 1.165) is 19.4 Å². The lowest BCUT2D eigenvalue weighted by atomic mass is 10.1. The summed E-state index contributed by atoms with van der Waals surface area (Å²) in [6, 6.07) is 0.225. The number of ether oxygens (including phenoxy) is 2. The lowest BCUT2D eigenvalue weighted by Crippen LogP contribution is -2.26. The molecule has 17 heavy (non-hydrogen) atoms. The first-order chi connectivity index (χ1) is 8.28. The van der Waals surface area contributed by atoms with E-state index in [1.807, 2.05) is 0 Å². The average molecular weight is 259 g/mol. The Morgan fingerprint density at radius 1 is 1.41 bits per heavy atom. The van der Waals surface area contributed by atoms with E-state index in [2.05, 4.69) is 20.3 Å². The molecule has 1 N–H and O–H groups in total. The molecule has 0 amide bonds. The van der Waals surface area contributed by atoms with E-state index in [1.165, 1.54) is 6.42 Å². The molecule has 1 unspecified atom stereocenters. The van der Waals surface area contributed by atoms with Gasteiger partial charge in [0.1, 0.15) is 6.61 Å². The summed E-state index contributed by atoms with van der Waals surface area (Å²) in [4.78, 5) is 11.8. The third-order valence-electron chi connectivity index (χ3n) is 2.48. The zero-order valence-corrected chi connectivity index (χ0v) is 10.4. The maximum Gasteiger partial charge on any atom is 0.322 e. The van der Waals surface area contributed by atoms with Crippen molar-refractivity contribution in [1.82, 2.24) is 15.0 Å². The van der Waals surface area contributed by atoms with Crippen LogP contribution in [0.5, 0.6) is 6.01 Å². The van der Waals surface area contributed by atoms with Crippen molar-refractivity contribution in [3.63, 3.8) is 0 Å². The zero-order valence-electron chi connectivity index (χ0n) is 9.65. The Morgan fingerprint density at radius 2 is 2.29 bits per heavy atom. The predicted octanol–water partition coefficient (Wildman–Crippen LogP) is 1.51. The van der Waals surface area contributed by atoms with Gasteiger partial charge in [0, 0.05) is 13.7 Å². The fourth-order valence-corrected chi connectivity index (χ4v) is 1.77. The highest BCUT2D eigenvalue weighted by molar-refractivity contribution is 6.28. The molecule has 1 fully saturated rings. The van der Waals surface area contributed by atoms with Gasteiger partial charge in [-0.15, -0.1) is 0 Å². The van der Waals surface area contributed by atoms with Crippen LogP contribution < -0.4 is 10.1 Å². The smallest absolute Gasteiger partial charge is 0.322 e. The molecule has 1 aliphatic heterocycles. The summed E-state index contributed by atoms with van der Waals surface area (Å²) < 4.78 is 11.0. The first kappa shape index (κ1) is 12.3. The number of hydrogen-bond acceptors (Lipinski definition) is 6. The van der Waals surface area contributed by atoms with Gasteiger partial charge >= 0.3 is 6.01 Å². The summed E-state index contributed by atoms with van der Waals surface area (Å²) in [5.74, 6) is 0.393. The normalized spacial score (nSPS) is 20.0. The summed E-state index contributed by atoms with van der Waals surface area (Å²) in [6.45, 7) is 1.25. The quantitative estimate of drug-likeness (QED) is 0.883. The van der Waals surface area contributed by atoms with Crippen LogP contribution in [0.1, 0.15) is 19.3 Å². The molecule has 1 aromatic heterocycles. The molecule has 0 bridgehead atoms. The first-order valence-electron chi connectivity index (χ1n) is 5.61. The molecule has 1 atom stereocenters. The van der Waals surface area contributed by atoms with Gasteiger partial charge in [0.25, 0.3) is 0 Å². The second-order valence-electron chi connectivity index (χ2n) is 3.76. The second-order valence-corrected chi connectivity index (χ2v) is 4.10. The van der Waals surface area contributed by atoms with Crippen LogP contribution in [-0.4, -0.2) is 41.3 Å². The highest BCUT2D eigenvalue weighted by Crippen LogP contribution is 2.15. The molecule has 2 rings (SSSR count). The number of nitrogens with zero attached hydrogens (tertiary/aromatic N) is 3. The summed E-state index contributed by atoms with van der Waals surface area (Å²) in [5.41, 5.74) is 0. The van der Waals surface area contributed by atoms with Crippen molar-refractivity contribution < 1.29 is 9.47 Å². The van der Waals surface area contributed by atoms with E-state index >= 15 is 0 Å². The number of rotatable bonds is 4. The standard InChI is InChI=1S/C10H15ClN4O2/c1-12-9-13-8(11)14-10(15-9)17-6-7-4-2-3-5-16-7/h7H,2-6H2,1H3,(H,12,13,14,15). The minimum atomic E-state index is 0.115. The topological polar surface area (TPSA) is 69.2 Å². The van der Waals surface area contributed by atoms with Crippen LogP contribution in [0.2, 0.25) is 5.28 Å². The van der Waals surface area contributed by atoms with Crippen molar-refractivity contribution in [3.8, 4) is 6.01 Å². The van der Waals surface area contributed by atoms with Gasteiger partial charge in [-0.2, -0.15) is 15.0 Å². The Kier molecular flexibility index (Phi) is 4.33. The molecule has 6 nitrogen and oxygen atoms in total. The van der Waals surface area contributed by atoms with Crippen LogP contribution in [0, 0.1) is 0 Å². The van der Waals surface area contributed by atoms with Crippen LogP contribution in [0.15, 0.2) is 0 Å². The van der Waals surface area contributed by atoms with E-state index in [1.54, 1.807) is 7.05 Å². The predicted molar refractivity (Wildman–Crippen MR) is 63.5 cm³/mol. The van der Waals surface area contributed by atoms with E-state index in [-0.39, 0.29) is 17.4 Å². The fraction of sp³-hybridized carbons (Fsp3) is 0.700. The maximum atomic E-state index is 5.74. The summed E-state index contributed by atoms with van der Waals surface area (Å²) >= 11 is 5.74. The van der Waals surface area contributed by atoms with E-state index in [9.17, 15) is 0 Å². The number of halogens is 1. The number of hydrogen-bond donors (Lipinski definition) is 1. The fourth-order valence-electron chi connectivity index (χ4n) is 1.61. The molecule has 1 aliphatic rings. The van der Waals surface area contributed by atoms with Crippen molar-refractivity contribution >= 4 is 17.5 Å². The summed E-state index contributed by atoms with van der Waals surface area (Å²) in [7, 11) is 1.71. The molecule has 1 saturated heterocycles. The van der Waals surface area contributed by atoms with Crippen molar-refractivity contribution in [2.45, 2.75) is 25.4 Å². The van der Waals surface area contributed by atoms with Crippen molar-refractivity contribution in [2.24, 2.45) is 0 Å². The minimum absolute atomic E-state index is 0.115. The van der Waals surface area contributed by atoms with E-state index in [4.69, 9.17) is 21.1 Å². The van der Waals surface area contributed by atoms with Gasteiger partial charge in [-0.05, 0) is 30.9 Å². The van der Waals surface area contributed by atoms with Gasteiger partial charge in [-0.3, -0.25) is 0 Å². The lowest BCUT2D eigenvalue weighted by molar-refractivity contribution is -0.0129. The molecule has 0 saturated carbocycles. The van der Waals surface area contributed by atoms with Crippen LogP contribution in [-0.2, 0) is 4.74 Å². The molecule has 1 aromatic rings. The Morgan fingerprint density at radius 3 is 3.00 bits per heavy atom. The molecule has 0 radical (unpaired) electrons. The molecule has 0 aliphatic carbocycles. The highest BCUT2D eigenvalue weighted by atomic mass is 35.5. The lowest BCUT2D eigenvalue weighted by Gasteiger charge is -2.21. The average Bonchev–Trinajstić information content (AvgIpc) is 2.37. The molecule has 0 spiro atoms. The Labute approximate surface area is 105 Å². The van der Waals surface area contributed by atoms with Gasteiger partial charge in [0.2, 0.25) is 11.2 Å². The number of aromatic nitrogens is 3. The Balaban J connectivity index is 1.91. The van der Waals surface area contributed by atoms with Gasteiger partial charge in [0.05, 0.1) is 6.10 Å². The van der Waals surface area contributed by atoms with Crippen LogP contribution in [0.25, 0.3) is 0 Å². The molecular weight excluding hydrogens is 244 g/mol. The maximum absolute atomic E-state index is 5.74. The third kappa shape index (κ3) is 3.67. The second kappa shape index (κ2) is 5.97. The van der Waals surface area contributed by atoms with E-state index in [0.29, 0.717) is 12.6 Å². The highest BCUT2D eigenvalue weighted by Gasteiger charge is 2.15. The molecule has 0 aromatic carbocycles.